The van der Waals surface area contributed by atoms with Gasteiger partial charge in [0.1, 0.15) is 0 Å². The first-order valence-corrected chi connectivity index (χ1v) is 4.93. The van der Waals surface area contributed by atoms with E-state index in [9.17, 15) is 9.59 Å². The molecule has 1 amide bonds. The van der Waals surface area contributed by atoms with Crippen LogP contribution in [0.2, 0.25) is 0 Å². The van der Waals surface area contributed by atoms with Crippen LogP contribution in [0.4, 0.5) is 0 Å². The molecule has 2 rings (SSSR count). The van der Waals surface area contributed by atoms with Gasteiger partial charge < -0.3 is 10.0 Å². The molecule has 1 N–H and O–H groups in total. The Morgan fingerprint density at radius 3 is 3.00 bits per heavy atom. The van der Waals surface area contributed by atoms with Crippen molar-refractivity contribution in [2.75, 3.05) is 0 Å². The van der Waals surface area contributed by atoms with Crippen LogP contribution in [0.25, 0.3) is 0 Å². The van der Waals surface area contributed by atoms with Gasteiger partial charge in [-0.2, -0.15) is 0 Å². The highest BCUT2D eigenvalue weighted by Crippen LogP contribution is 2.42. The van der Waals surface area contributed by atoms with Crippen LogP contribution < -0.4 is 0 Å². The van der Waals surface area contributed by atoms with Crippen LogP contribution in [0.5, 0.6) is 0 Å². The third-order valence-corrected chi connectivity index (χ3v) is 3.46. The summed E-state index contributed by atoms with van der Waals surface area (Å²) >= 11 is 7.05. The van der Waals surface area contributed by atoms with Crippen LogP contribution in [0.3, 0.4) is 0 Å². The summed E-state index contributed by atoms with van der Waals surface area (Å²) in [4.78, 5) is 23.1. The van der Waals surface area contributed by atoms with E-state index >= 15 is 0 Å². The molecule has 2 atom stereocenters. The number of nitrogens with zero attached hydrogens (tertiary/aromatic N) is 1. The smallest absolute Gasteiger partial charge is 0.330 e. The largest absolute Gasteiger partial charge is 0.479 e. The third-order valence-electron chi connectivity index (χ3n) is 2.04. The van der Waals surface area contributed by atoms with Crippen LogP contribution in [-0.2, 0) is 9.59 Å². The number of aliphatic carboxylic acids is 1. The molecule has 0 aliphatic carbocycles. The summed E-state index contributed by atoms with van der Waals surface area (Å²) in [6.45, 7) is 0. The Bertz CT molecular complexity index is 317. The molecule has 1 fully saturated rings. The Kier molecular flexibility index (Phi) is 2.00. The summed E-state index contributed by atoms with van der Waals surface area (Å²) < 4.78 is 0.459. The molecule has 0 bridgehead atoms. The molecule has 2 aliphatic rings. The van der Waals surface area contributed by atoms with E-state index in [4.69, 9.17) is 16.7 Å². The average Bonchev–Trinajstić information content (AvgIpc) is 2.01. The number of carbonyl (C=O) groups is 2. The molecule has 0 aromatic heterocycles. The van der Waals surface area contributed by atoms with Crippen molar-refractivity contribution in [2.45, 2.75) is 17.8 Å². The lowest BCUT2D eigenvalue weighted by atomic mass is 10.1. The van der Waals surface area contributed by atoms with Gasteiger partial charge in [-0.15, -0.1) is 0 Å². The van der Waals surface area contributed by atoms with E-state index in [1.54, 1.807) is 0 Å². The van der Waals surface area contributed by atoms with Crippen molar-refractivity contribution in [1.29, 1.82) is 0 Å². The Morgan fingerprint density at radius 1 is 1.77 bits per heavy atom. The van der Waals surface area contributed by atoms with Crippen molar-refractivity contribution < 1.29 is 14.7 Å². The maximum Gasteiger partial charge on any atom is 0.330 e. The minimum absolute atomic E-state index is 0.0777. The van der Waals surface area contributed by atoms with Crippen LogP contribution in [0.15, 0.2) is 10.4 Å². The van der Waals surface area contributed by atoms with Gasteiger partial charge in [-0.05, 0) is 6.08 Å². The highest BCUT2D eigenvalue weighted by atomic mass is 35.5. The van der Waals surface area contributed by atoms with Gasteiger partial charge >= 0.3 is 5.97 Å². The zero-order chi connectivity index (χ0) is 9.59. The normalized spacial score (nSPS) is 31.9. The number of amides is 1. The Labute approximate surface area is 83.5 Å². The minimum atomic E-state index is -1.03. The Morgan fingerprint density at radius 2 is 2.46 bits per heavy atom. The monoisotopic (exact) mass is 219 g/mol. The highest BCUT2D eigenvalue weighted by molar-refractivity contribution is 8.05. The standard InChI is InChI=1S/C7H6ClNO3S/c8-4-1-3(7(11)12)9-5(10)2-6(9)13-4/h1,3,6H,2H2,(H,11,12)/t3?,6-/m1/s1. The molecule has 0 aromatic rings. The zero-order valence-electron chi connectivity index (χ0n) is 6.44. The second-order valence-corrected chi connectivity index (χ2v) is 4.68. The highest BCUT2D eigenvalue weighted by Gasteiger charge is 2.46. The number of halogens is 1. The first-order valence-electron chi connectivity index (χ1n) is 3.67. The van der Waals surface area contributed by atoms with Crippen molar-refractivity contribution >= 4 is 35.2 Å². The molecule has 6 heteroatoms. The topological polar surface area (TPSA) is 57.6 Å². The van der Waals surface area contributed by atoms with E-state index in [2.05, 4.69) is 0 Å². The van der Waals surface area contributed by atoms with E-state index in [0.717, 1.165) is 0 Å². The Balaban J connectivity index is 2.27. The van der Waals surface area contributed by atoms with Crippen LogP contribution in [0.1, 0.15) is 6.42 Å². The molecule has 0 aromatic carbocycles. The molecular formula is C7H6ClNO3S. The maximum absolute atomic E-state index is 11.1. The number of β-lactam (4-membered cyclic amide) rings is 1. The minimum Gasteiger partial charge on any atom is -0.479 e. The number of rotatable bonds is 1. The maximum atomic E-state index is 11.1. The number of hydrogen-bond donors (Lipinski definition) is 1. The number of carboxylic acids is 1. The SMILES string of the molecule is O=C(O)C1C=C(Cl)S[C@@H]2CC(=O)N12. The van der Waals surface area contributed by atoms with Crippen molar-refractivity contribution in [3.05, 3.63) is 10.4 Å². The molecule has 1 saturated heterocycles. The molecule has 2 heterocycles. The Hall–Kier alpha value is -0.680. The molecular weight excluding hydrogens is 214 g/mol. The average molecular weight is 220 g/mol. The summed E-state index contributed by atoms with van der Waals surface area (Å²) in [6.07, 6.45) is 1.78. The van der Waals surface area contributed by atoms with Crippen molar-refractivity contribution in [3.63, 3.8) is 0 Å². The lowest BCUT2D eigenvalue weighted by molar-refractivity contribution is -0.155. The zero-order valence-corrected chi connectivity index (χ0v) is 8.01. The lowest BCUT2D eigenvalue weighted by Crippen LogP contribution is -2.59. The molecule has 70 valence electrons. The van der Waals surface area contributed by atoms with E-state index in [1.807, 2.05) is 0 Å². The molecule has 13 heavy (non-hydrogen) atoms. The van der Waals surface area contributed by atoms with Gasteiger partial charge in [-0.3, -0.25) is 4.79 Å². The number of fused-ring (bicyclic) bond motifs is 1. The van der Waals surface area contributed by atoms with Gasteiger partial charge in [0.15, 0.2) is 6.04 Å². The molecule has 1 unspecified atom stereocenters. The molecule has 0 saturated carbocycles. The first kappa shape index (κ1) is 8.90. The fraction of sp³-hybridized carbons (Fsp3) is 0.429. The van der Waals surface area contributed by atoms with E-state index in [1.165, 1.54) is 22.7 Å². The summed E-state index contributed by atoms with van der Waals surface area (Å²) in [6, 6.07) is -0.875. The van der Waals surface area contributed by atoms with Gasteiger partial charge in [0.05, 0.1) is 16.2 Å². The fourth-order valence-corrected chi connectivity index (χ4v) is 2.88. The van der Waals surface area contributed by atoms with Gasteiger partial charge in [0.2, 0.25) is 5.91 Å². The first-order chi connectivity index (χ1) is 6.09. The summed E-state index contributed by atoms with van der Waals surface area (Å²) in [5.41, 5.74) is 0. The van der Waals surface area contributed by atoms with Crippen LogP contribution in [0, 0.1) is 0 Å². The van der Waals surface area contributed by atoms with Gasteiger partial charge in [-0.25, -0.2) is 4.79 Å². The molecule has 4 nitrogen and oxygen atoms in total. The van der Waals surface area contributed by atoms with E-state index in [-0.39, 0.29) is 11.3 Å². The van der Waals surface area contributed by atoms with Gasteiger partial charge in [-0.1, -0.05) is 23.4 Å². The molecule has 0 spiro atoms. The number of carboxylic acid groups (broad SMARTS) is 1. The fourth-order valence-electron chi connectivity index (χ4n) is 1.40. The number of thioether (sulfide) groups is 1. The van der Waals surface area contributed by atoms with Crippen molar-refractivity contribution in [2.24, 2.45) is 0 Å². The summed E-state index contributed by atoms with van der Waals surface area (Å²) in [5, 5.41) is 8.71. The quantitative estimate of drug-likeness (QED) is 0.664. The van der Waals surface area contributed by atoms with Gasteiger partial charge in [0, 0.05) is 0 Å². The number of hydrogen-bond acceptors (Lipinski definition) is 3. The van der Waals surface area contributed by atoms with Crippen molar-refractivity contribution in [3.8, 4) is 0 Å². The lowest BCUT2D eigenvalue weighted by Gasteiger charge is -2.44. The predicted octanol–water partition coefficient (Wildman–Crippen LogP) is 0.825. The summed E-state index contributed by atoms with van der Waals surface area (Å²) in [5.74, 6) is -1.15. The number of carbonyl (C=O) groups excluding carboxylic acids is 1. The third kappa shape index (κ3) is 1.32. The summed E-state index contributed by atoms with van der Waals surface area (Å²) in [7, 11) is 0. The van der Waals surface area contributed by atoms with Crippen molar-refractivity contribution in [1.82, 2.24) is 4.90 Å². The second kappa shape index (κ2) is 2.92. The second-order valence-electron chi connectivity index (χ2n) is 2.83. The van der Waals surface area contributed by atoms with E-state index < -0.39 is 12.0 Å². The molecule has 0 radical (unpaired) electrons. The van der Waals surface area contributed by atoms with Crippen LogP contribution in [-0.4, -0.2) is 33.3 Å². The van der Waals surface area contributed by atoms with Gasteiger partial charge in [0.25, 0.3) is 0 Å². The predicted molar refractivity (Wildman–Crippen MR) is 48.2 cm³/mol. The van der Waals surface area contributed by atoms with Crippen LogP contribution >= 0.6 is 23.4 Å². The molecule has 2 aliphatic heterocycles. The van der Waals surface area contributed by atoms with E-state index in [0.29, 0.717) is 10.8 Å².